The van der Waals surface area contributed by atoms with Gasteiger partial charge in [-0.3, -0.25) is 15.6 Å². The standard InChI is InChI=1S/C24H24N2O2/c1-17-8-7-9-18(2)24(17)28-16-23(27)26-25-19(3)20-12-14-22(15-13-20)21-10-5-4-6-11-21/h4-15,25H,3,16H2,1-2H3,(H,26,27). The molecule has 28 heavy (non-hydrogen) atoms. The number of hydrogen-bond acceptors (Lipinski definition) is 3. The van der Waals surface area contributed by atoms with Gasteiger partial charge >= 0.3 is 0 Å². The number of amides is 1. The van der Waals surface area contributed by atoms with Crippen LogP contribution in [0.1, 0.15) is 16.7 Å². The van der Waals surface area contributed by atoms with Gasteiger partial charge in [0.05, 0.1) is 5.70 Å². The lowest BCUT2D eigenvalue weighted by Crippen LogP contribution is -2.39. The van der Waals surface area contributed by atoms with Crippen LogP contribution in [0.3, 0.4) is 0 Å². The summed E-state index contributed by atoms with van der Waals surface area (Å²) in [6.07, 6.45) is 0. The number of carbonyl (C=O) groups excluding carboxylic acids is 1. The number of ether oxygens (including phenoxy) is 1. The molecule has 1 amide bonds. The Hall–Kier alpha value is -3.53. The van der Waals surface area contributed by atoms with E-state index >= 15 is 0 Å². The fourth-order valence-electron chi connectivity index (χ4n) is 2.91. The zero-order chi connectivity index (χ0) is 19.9. The summed E-state index contributed by atoms with van der Waals surface area (Å²) < 4.78 is 5.65. The Bertz CT molecular complexity index is 943. The van der Waals surface area contributed by atoms with Crippen LogP contribution < -0.4 is 15.6 Å². The van der Waals surface area contributed by atoms with Crippen LogP contribution in [-0.4, -0.2) is 12.5 Å². The van der Waals surface area contributed by atoms with Gasteiger partial charge in [-0.25, -0.2) is 0 Å². The van der Waals surface area contributed by atoms with Crippen molar-refractivity contribution in [3.63, 3.8) is 0 Å². The number of aryl methyl sites for hydroxylation is 2. The number of carbonyl (C=O) groups is 1. The maximum Gasteiger partial charge on any atom is 0.276 e. The van der Waals surface area contributed by atoms with E-state index in [0.717, 1.165) is 33.6 Å². The van der Waals surface area contributed by atoms with Crippen molar-refractivity contribution in [1.29, 1.82) is 0 Å². The molecule has 4 nitrogen and oxygen atoms in total. The minimum atomic E-state index is -0.273. The molecule has 3 rings (SSSR count). The molecule has 0 saturated heterocycles. The largest absolute Gasteiger partial charge is 0.483 e. The number of hydrogen-bond donors (Lipinski definition) is 2. The molecule has 0 aliphatic rings. The molecule has 0 spiro atoms. The van der Waals surface area contributed by atoms with Gasteiger partial charge in [0.15, 0.2) is 6.61 Å². The smallest absolute Gasteiger partial charge is 0.276 e. The van der Waals surface area contributed by atoms with Crippen LogP contribution in [0, 0.1) is 13.8 Å². The molecule has 3 aromatic rings. The van der Waals surface area contributed by atoms with Crippen molar-refractivity contribution in [2.24, 2.45) is 0 Å². The molecule has 0 radical (unpaired) electrons. The van der Waals surface area contributed by atoms with Gasteiger partial charge in [-0.05, 0) is 41.7 Å². The van der Waals surface area contributed by atoms with Crippen LogP contribution in [0.4, 0.5) is 0 Å². The van der Waals surface area contributed by atoms with E-state index in [0.29, 0.717) is 5.70 Å². The van der Waals surface area contributed by atoms with Crippen molar-refractivity contribution in [2.75, 3.05) is 6.61 Å². The molecule has 0 unspecified atom stereocenters. The average Bonchev–Trinajstić information content (AvgIpc) is 2.72. The summed E-state index contributed by atoms with van der Waals surface area (Å²) in [5, 5.41) is 0. The van der Waals surface area contributed by atoms with E-state index in [1.54, 1.807) is 0 Å². The van der Waals surface area contributed by atoms with E-state index in [4.69, 9.17) is 4.74 Å². The third kappa shape index (κ3) is 4.80. The Morgan fingerprint density at radius 3 is 2.07 bits per heavy atom. The summed E-state index contributed by atoms with van der Waals surface area (Å²) in [5.74, 6) is 0.470. The van der Waals surface area contributed by atoms with Crippen molar-refractivity contribution in [3.8, 4) is 16.9 Å². The van der Waals surface area contributed by atoms with Gasteiger partial charge in [-0.2, -0.15) is 0 Å². The lowest BCUT2D eigenvalue weighted by Gasteiger charge is -2.14. The molecule has 0 saturated carbocycles. The van der Waals surface area contributed by atoms with Crippen LogP contribution in [0.5, 0.6) is 5.75 Å². The van der Waals surface area contributed by atoms with Crippen LogP contribution in [0.2, 0.25) is 0 Å². The van der Waals surface area contributed by atoms with Crippen molar-refractivity contribution in [1.82, 2.24) is 10.9 Å². The molecule has 0 aromatic heterocycles. The number of hydrazine groups is 1. The Kier molecular flexibility index (Phi) is 6.12. The fraction of sp³-hybridized carbons (Fsp3) is 0.125. The quantitative estimate of drug-likeness (QED) is 0.594. The lowest BCUT2D eigenvalue weighted by atomic mass is 10.0. The lowest BCUT2D eigenvalue weighted by molar-refractivity contribution is -0.123. The molecule has 0 aliphatic heterocycles. The molecule has 4 heteroatoms. The molecular formula is C24H24N2O2. The molecule has 0 atom stereocenters. The zero-order valence-corrected chi connectivity index (χ0v) is 16.2. The maximum atomic E-state index is 12.1. The summed E-state index contributed by atoms with van der Waals surface area (Å²) in [7, 11) is 0. The van der Waals surface area contributed by atoms with E-state index in [1.165, 1.54) is 0 Å². The van der Waals surface area contributed by atoms with Crippen LogP contribution in [0.25, 0.3) is 16.8 Å². The van der Waals surface area contributed by atoms with Crippen molar-refractivity contribution in [3.05, 3.63) is 96.1 Å². The second-order valence-electron chi connectivity index (χ2n) is 6.60. The number of para-hydroxylation sites is 1. The minimum Gasteiger partial charge on any atom is -0.483 e. The Labute approximate surface area is 165 Å². The first kappa shape index (κ1) is 19.2. The van der Waals surface area contributed by atoms with Gasteiger partial charge in [0, 0.05) is 0 Å². The molecule has 0 bridgehead atoms. The maximum absolute atomic E-state index is 12.1. The first-order chi connectivity index (χ1) is 13.5. The van der Waals surface area contributed by atoms with Crippen molar-refractivity contribution in [2.45, 2.75) is 13.8 Å². The first-order valence-electron chi connectivity index (χ1n) is 9.13. The van der Waals surface area contributed by atoms with Gasteiger partial charge in [0.2, 0.25) is 0 Å². The number of nitrogens with one attached hydrogen (secondary N) is 2. The number of benzene rings is 3. The Morgan fingerprint density at radius 1 is 0.821 bits per heavy atom. The van der Waals surface area contributed by atoms with Gasteiger partial charge in [0.1, 0.15) is 5.75 Å². The highest BCUT2D eigenvalue weighted by Crippen LogP contribution is 2.22. The molecule has 0 aliphatic carbocycles. The predicted octanol–water partition coefficient (Wildman–Crippen LogP) is 4.64. The summed E-state index contributed by atoms with van der Waals surface area (Å²) >= 11 is 0. The topological polar surface area (TPSA) is 50.4 Å². The van der Waals surface area contributed by atoms with Crippen molar-refractivity contribution < 1.29 is 9.53 Å². The minimum absolute atomic E-state index is 0.0705. The van der Waals surface area contributed by atoms with Gasteiger partial charge in [-0.15, -0.1) is 0 Å². The first-order valence-corrected chi connectivity index (χ1v) is 9.13. The third-order valence-electron chi connectivity index (χ3n) is 4.45. The van der Waals surface area contributed by atoms with Crippen LogP contribution >= 0.6 is 0 Å². The molecule has 2 N–H and O–H groups in total. The summed E-state index contributed by atoms with van der Waals surface area (Å²) in [6.45, 7) is 7.82. The normalized spacial score (nSPS) is 10.2. The van der Waals surface area contributed by atoms with E-state index in [1.807, 2.05) is 74.5 Å². The summed E-state index contributed by atoms with van der Waals surface area (Å²) in [6, 6.07) is 24.0. The Balaban J connectivity index is 1.51. The second kappa shape index (κ2) is 8.91. The van der Waals surface area contributed by atoms with E-state index in [2.05, 4.69) is 29.6 Å². The highest BCUT2D eigenvalue weighted by Gasteiger charge is 2.08. The van der Waals surface area contributed by atoms with E-state index in [-0.39, 0.29) is 12.5 Å². The van der Waals surface area contributed by atoms with Gasteiger partial charge < -0.3 is 4.74 Å². The highest BCUT2D eigenvalue weighted by atomic mass is 16.5. The second-order valence-corrected chi connectivity index (χ2v) is 6.60. The highest BCUT2D eigenvalue weighted by molar-refractivity contribution is 5.79. The third-order valence-corrected chi connectivity index (χ3v) is 4.45. The summed E-state index contributed by atoms with van der Waals surface area (Å²) in [5.41, 5.74) is 11.3. The molecule has 3 aromatic carbocycles. The molecular weight excluding hydrogens is 348 g/mol. The van der Waals surface area contributed by atoms with Crippen LogP contribution in [0.15, 0.2) is 79.4 Å². The molecule has 142 valence electrons. The van der Waals surface area contributed by atoms with Gasteiger partial charge in [-0.1, -0.05) is 79.4 Å². The average molecular weight is 372 g/mol. The molecule has 0 fully saturated rings. The monoisotopic (exact) mass is 372 g/mol. The van der Waals surface area contributed by atoms with E-state index < -0.39 is 0 Å². The fourth-order valence-corrected chi connectivity index (χ4v) is 2.91. The summed E-state index contributed by atoms with van der Waals surface area (Å²) in [4.78, 5) is 12.1. The molecule has 0 heterocycles. The SMILES string of the molecule is C=C(NNC(=O)COc1c(C)cccc1C)c1ccc(-c2ccccc2)cc1. The van der Waals surface area contributed by atoms with Gasteiger partial charge in [0.25, 0.3) is 5.91 Å². The van der Waals surface area contributed by atoms with E-state index in [9.17, 15) is 4.79 Å². The number of rotatable bonds is 7. The predicted molar refractivity (Wildman–Crippen MR) is 114 cm³/mol. The van der Waals surface area contributed by atoms with Crippen LogP contribution in [-0.2, 0) is 4.79 Å². The Morgan fingerprint density at radius 2 is 1.43 bits per heavy atom. The van der Waals surface area contributed by atoms with Crippen molar-refractivity contribution >= 4 is 11.6 Å². The zero-order valence-electron chi connectivity index (χ0n) is 16.2.